The summed E-state index contributed by atoms with van der Waals surface area (Å²) >= 11 is 0. The minimum atomic E-state index is -2.01. The fourth-order valence-electron chi connectivity index (χ4n) is 3.24. The maximum absolute atomic E-state index is 12.1. The zero-order valence-electron chi connectivity index (χ0n) is 14.3. The summed E-state index contributed by atoms with van der Waals surface area (Å²) in [4.78, 5) is 12.1. The number of hydroxylamine groups is 2. The van der Waals surface area contributed by atoms with E-state index in [0.717, 1.165) is 0 Å². The van der Waals surface area contributed by atoms with Crippen molar-refractivity contribution in [2.45, 2.75) is 76.0 Å². The van der Waals surface area contributed by atoms with Gasteiger partial charge in [0.1, 0.15) is 18.5 Å². The van der Waals surface area contributed by atoms with E-state index in [4.69, 9.17) is 10.2 Å². The Bertz CT molecular complexity index is 474. The number of amides is 1. The highest BCUT2D eigenvalue weighted by atomic mass is 16.5. The lowest BCUT2D eigenvalue weighted by Gasteiger charge is -2.51. The van der Waals surface area contributed by atoms with Gasteiger partial charge in [-0.2, -0.15) is 5.06 Å². The fourth-order valence-corrected chi connectivity index (χ4v) is 3.24. The minimum Gasteiger partial charge on any atom is -0.512 e. The molecule has 9 nitrogen and oxygen atoms in total. The van der Waals surface area contributed by atoms with Gasteiger partial charge in [-0.25, -0.2) is 0 Å². The van der Waals surface area contributed by atoms with E-state index < -0.39 is 41.1 Å². The molecular formula is C15H28N2O7. The Hall–Kier alpha value is -1.39. The molecule has 9 heteroatoms. The van der Waals surface area contributed by atoms with Crippen molar-refractivity contribution in [3.63, 3.8) is 0 Å². The largest absolute Gasteiger partial charge is 0.512 e. The van der Waals surface area contributed by atoms with Crippen molar-refractivity contribution >= 4 is 5.91 Å². The van der Waals surface area contributed by atoms with E-state index >= 15 is 0 Å². The van der Waals surface area contributed by atoms with Crippen LogP contribution in [-0.2, 0) is 4.79 Å². The van der Waals surface area contributed by atoms with Gasteiger partial charge in [-0.05, 0) is 40.5 Å². The first-order valence-corrected chi connectivity index (χ1v) is 7.70. The van der Waals surface area contributed by atoms with Crippen molar-refractivity contribution in [2.24, 2.45) is 0 Å². The predicted molar refractivity (Wildman–Crippen MR) is 84.3 cm³/mol. The van der Waals surface area contributed by atoms with Crippen molar-refractivity contribution in [1.29, 1.82) is 0 Å². The van der Waals surface area contributed by atoms with Gasteiger partial charge < -0.3 is 36.1 Å². The number of nitrogens with zero attached hydrogens (tertiary/aromatic N) is 1. The van der Waals surface area contributed by atoms with E-state index in [1.807, 2.05) is 27.7 Å². The number of nitrogens with one attached hydrogen (secondary N) is 1. The molecule has 1 rings (SSSR count). The van der Waals surface area contributed by atoms with E-state index in [-0.39, 0.29) is 12.3 Å². The third-order valence-corrected chi connectivity index (χ3v) is 4.34. The zero-order valence-corrected chi connectivity index (χ0v) is 14.3. The van der Waals surface area contributed by atoms with Crippen LogP contribution >= 0.6 is 0 Å². The molecule has 0 aromatic carbocycles. The SMILES string of the molecule is CC1(C)CC(NC(=O)C(O)C(O)C(O)/C(O)=C/O)CC(C)(C)N1O. The molecule has 1 aliphatic heterocycles. The summed E-state index contributed by atoms with van der Waals surface area (Å²) in [5.41, 5.74) is -1.22. The van der Waals surface area contributed by atoms with Gasteiger partial charge in [-0.15, -0.1) is 0 Å². The minimum absolute atomic E-state index is 0.167. The highest BCUT2D eigenvalue weighted by Gasteiger charge is 2.46. The number of hydrogen-bond donors (Lipinski definition) is 7. The summed E-state index contributed by atoms with van der Waals surface area (Å²) in [5, 5.41) is 60.8. The van der Waals surface area contributed by atoms with Crippen LogP contribution in [0.3, 0.4) is 0 Å². The number of piperidine rings is 1. The summed E-state index contributed by atoms with van der Waals surface area (Å²) in [6.07, 6.45) is -5.02. The second-order valence-corrected chi connectivity index (χ2v) is 7.48. The van der Waals surface area contributed by atoms with Crippen LogP contribution < -0.4 is 5.32 Å². The quantitative estimate of drug-likeness (QED) is 0.330. The highest BCUT2D eigenvalue weighted by molar-refractivity contribution is 5.81. The third kappa shape index (κ3) is 4.37. The molecule has 3 atom stereocenters. The number of aliphatic hydroxyl groups excluding tert-OH is 5. The van der Waals surface area contributed by atoms with Crippen LogP contribution in [0.4, 0.5) is 0 Å². The average molecular weight is 348 g/mol. The molecule has 3 unspecified atom stereocenters. The maximum Gasteiger partial charge on any atom is 0.251 e. The molecule has 1 amide bonds. The van der Waals surface area contributed by atoms with Crippen LogP contribution in [0.2, 0.25) is 0 Å². The van der Waals surface area contributed by atoms with Crippen LogP contribution in [-0.4, -0.2) is 77.1 Å². The van der Waals surface area contributed by atoms with E-state index in [0.29, 0.717) is 12.8 Å². The van der Waals surface area contributed by atoms with Gasteiger partial charge in [0, 0.05) is 17.1 Å². The summed E-state index contributed by atoms with van der Waals surface area (Å²) in [6, 6.07) is -0.369. The van der Waals surface area contributed by atoms with Crippen LogP contribution in [0.1, 0.15) is 40.5 Å². The zero-order chi connectivity index (χ0) is 18.9. The molecule has 7 N–H and O–H groups in total. The molecule has 1 heterocycles. The Morgan fingerprint density at radius 1 is 1.12 bits per heavy atom. The van der Waals surface area contributed by atoms with Crippen molar-refractivity contribution in [3.05, 3.63) is 12.0 Å². The topological polar surface area (TPSA) is 154 Å². The van der Waals surface area contributed by atoms with Crippen molar-refractivity contribution < 1.29 is 35.5 Å². The van der Waals surface area contributed by atoms with Gasteiger partial charge in [-0.1, -0.05) is 0 Å². The van der Waals surface area contributed by atoms with Crippen LogP contribution in [0.25, 0.3) is 0 Å². The molecule has 24 heavy (non-hydrogen) atoms. The first-order chi connectivity index (χ1) is 10.8. The fraction of sp³-hybridized carbons (Fsp3) is 0.800. The van der Waals surface area contributed by atoms with Crippen LogP contribution in [0, 0.1) is 0 Å². The molecule has 0 radical (unpaired) electrons. The predicted octanol–water partition coefficient (Wildman–Crippen LogP) is -0.446. The number of aliphatic hydroxyl groups is 5. The van der Waals surface area contributed by atoms with Crippen LogP contribution in [0.5, 0.6) is 0 Å². The van der Waals surface area contributed by atoms with Gasteiger partial charge >= 0.3 is 0 Å². The normalized spacial score (nSPS) is 25.8. The molecular weight excluding hydrogens is 320 g/mol. The summed E-state index contributed by atoms with van der Waals surface area (Å²) in [7, 11) is 0. The molecule has 140 valence electrons. The second-order valence-electron chi connectivity index (χ2n) is 7.48. The van der Waals surface area contributed by atoms with Gasteiger partial charge in [0.2, 0.25) is 0 Å². The lowest BCUT2D eigenvalue weighted by molar-refractivity contribution is -0.246. The van der Waals surface area contributed by atoms with Crippen molar-refractivity contribution in [3.8, 4) is 0 Å². The third-order valence-electron chi connectivity index (χ3n) is 4.34. The van der Waals surface area contributed by atoms with Crippen LogP contribution in [0.15, 0.2) is 12.0 Å². The maximum atomic E-state index is 12.1. The number of hydrogen-bond acceptors (Lipinski definition) is 8. The van der Waals surface area contributed by atoms with Crippen molar-refractivity contribution in [1.82, 2.24) is 10.4 Å². The smallest absolute Gasteiger partial charge is 0.251 e. The first-order valence-electron chi connectivity index (χ1n) is 7.70. The lowest BCUT2D eigenvalue weighted by atomic mass is 9.79. The molecule has 0 aromatic heterocycles. The van der Waals surface area contributed by atoms with Gasteiger partial charge in [0.05, 0.1) is 0 Å². The summed E-state index contributed by atoms with van der Waals surface area (Å²) in [5.74, 6) is -1.89. The monoisotopic (exact) mass is 348 g/mol. The molecule has 1 aliphatic rings. The molecule has 0 aliphatic carbocycles. The molecule has 0 spiro atoms. The molecule has 0 aromatic rings. The number of carbonyl (C=O) groups excluding carboxylic acids is 1. The van der Waals surface area contributed by atoms with Crippen molar-refractivity contribution in [2.75, 3.05) is 0 Å². The Morgan fingerprint density at radius 3 is 2.00 bits per heavy atom. The van der Waals surface area contributed by atoms with E-state index in [1.165, 1.54) is 5.06 Å². The summed E-state index contributed by atoms with van der Waals surface area (Å²) in [6.45, 7) is 7.25. The van der Waals surface area contributed by atoms with E-state index in [2.05, 4.69) is 5.32 Å². The Morgan fingerprint density at radius 2 is 1.58 bits per heavy atom. The number of rotatable bonds is 5. The molecule has 1 fully saturated rings. The Kier molecular flexibility index (Phi) is 6.23. The van der Waals surface area contributed by atoms with E-state index in [1.54, 1.807) is 0 Å². The van der Waals surface area contributed by atoms with Gasteiger partial charge in [-0.3, -0.25) is 4.79 Å². The highest BCUT2D eigenvalue weighted by Crippen LogP contribution is 2.36. The molecule has 0 saturated carbocycles. The van der Waals surface area contributed by atoms with Gasteiger partial charge in [0.25, 0.3) is 5.91 Å². The Labute approximate surface area is 140 Å². The second kappa shape index (κ2) is 7.24. The van der Waals surface area contributed by atoms with E-state index in [9.17, 15) is 25.3 Å². The Balaban J connectivity index is 2.77. The average Bonchev–Trinajstić information content (AvgIpc) is 2.48. The number of carbonyl (C=O) groups is 1. The molecule has 1 saturated heterocycles. The summed E-state index contributed by atoms with van der Waals surface area (Å²) < 4.78 is 0. The standard InChI is InChI=1S/C15H28N2O7/c1-14(2)5-8(6-15(3,4)17(14)24)16-13(23)12(22)11(21)10(20)9(19)7-18/h7-8,10-12,18-22,24H,5-6H2,1-4H3,(H,16,23)/b9-7-. The lowest BCUT2D eigenvalue weighted by Crippen LogP contribution is -2.63. The molecule has 0 bridgehead atoms. The van der Waals surface area contributed by atoms with Gasteiger partial charge in [0.15, 0.2) is 11.9 Å². The first kappa shape index (κ1) is 20.7.